The average Bonchev–Trinajstić information content (AvgIpc) is 3.13. The number of rotatable bonds is 8. The molecular formula is C38H57NO7. The molecule has 46 heavy (non-hydrogen) atoms. The van der Waals surface area contributed by atoms with Crippen molar-refractivity contribution in [3.8, 4) is 0 Å². The average molecular weight is 640 g/mol. The number of ketones is 1. The molecule has 0 radical (unpaired) electrons. The van der Waals surface area contributed by atoms with Crippen LogP contribution in [0.1, 0.15) is 96.0 Å². The van der Waals surface area contributed by atoms with Gasteiger partial charge in [0.15, 0.2) is 0 Å². The molecule has 5 fully saturated rings. The molecule has 0 spiro atoms. The predicted octanol–water partition coefficient (Wildman–Crippen LogP) is 5.07. The number of methoxy groups -OCH3 is 2. The summed E-state index contributed by atoms with van der Waals surface area (Å²) in [6.45, 7) is 13.9. The van der Waals surface area contributed by atoms with E-state index >= 15 is 0 Å². The van der Waals surface area contributed by atoms with E-state index in [9.17, 15) is 19.8 Å². The minimum Gasteiger partial charge on any atom is -0.454 e. The number of esters is 1. The highest BCUT2D eigenvalue weighted by Gasteiger charge is 2.77. The number of fused-ring (bicyclic) bond motifs is 4. The van der Waals surface area contributed by atoms with Crippen molar-refractivity contribution in [1.29, 1.82) is 0 Å². The van der Waals surface area contributed by atoms with Crippen LogP contribution in [-0.4, -0.2) is 89.2 Å². The zero-order valence-electron chi connectivity index (χ0n) is 29.3. The van der Waals surface area contributed by atoms with Gasteiger partial charge < -0.3 is 24.4 Å². The Balaban J connectivity index is 1.44. The first-order chi connectivity index (χ1) is 21.6. The van der Waals surface area contributed by atoms with Crippen LogP contribution in [0, 0.1) is 40.9 Å². The van der Waals surface area contributed by atoms with Gasteiger partial charge in [0.25, 0.3) is 0 Å². The molecule has 8 nitrogen and oxygen atoms in total. The van der Waals surface area contributed by atoms with Crippen LogP contribution in [-0.2, 0) is 25.4 Å². The van der Waals surface area contributed by atoms with E-state index in [1.165, 1.54) is 0 Å². The Morgan fingerprint density at radius 3 is 2.39 bits per heavy atom. The maximum absolute atomic E-state index is 14.4. The molecular weight excluding hydrogens is 582 g/mol. The number of carbonyl (C=O) groups excluding carboxylic acids is 2. The Kier molecular flexibility index (Phi) is 8.83. The van der Waals surface area contributed by atoms with Gasteiger partial charge in [-0.25, -0.2) is 4.79 Å². The number of aliphatic hydroxyl groups is 2. The van der Waals surface area contributed by atoms with Crippen molar-refractivity contribution < 1.29 is 34.0 Å². The number of likely N-dealkylation sites (tertiary alicyclic amines) is 1. The third kappa shape index (κ3) is 5.12. The van der Waals surface area contributed by atoms with Gasteiger partial charge in [-0.1, -0.05) is 52.8 Å². The smallest absolute Gasteiger partial charge is 0.339 e. The van der Waals surface area contributed by atoms with Crippen molar-refractivity contribution in [1.82, 2.24) is 4.90 Å². The molecule has 6 rings (SSSR count). The fourth-order valence-corrected chi connectivity index (χ4v) is 11.4. The Morgan fingerprint density at radius 1 is 1.02 bits per heavy atom. The molecule has 8 heteroatoms. The van der Waals surface area contributed by atoms with Crippen molar-refractivity contribution in [2.75, 3.05) is 27.3 Å². The predicted molar refractivity (Wildman–Crippen MR) is 175 cm³/mol. The Morgan fingerprint density at radius 2 is 1.74 bits per heavy atom. The molecule has 4 unspecified atom stereocenters. The van der Waals surface area contributed by atoms with E-state index in [2.05, 4.69) is 25.7 Å². The van der Waals surface area contributed by atoms with Gasteiger partial charge in [-0.2, -0.15) is 0 Å². The Labute approximate surface area is 275 Å². The fraction of sp³-hybridized carbons (Fsp3) is 0.789. The van der Waals surface area contributed by atoms with Crippen LogP contribution >= 0.6 is 0 Å². The number of hydrogen-bond donors (Lipinski definition) is 2. The van der Waals surface area contributed by atoms with Crippen LogP contribution in [0.2, 0.25) is 0 Å². The molecule has 1 saturated heterocycles. The number of likely N-dealkylation sites (N-methyl/N-ethyl adjacent to an activating group) is 1. The molecule has 5 aliphatic rings. The number of ether oxygens (including phenoxy) is 3. The van der Waals surface area contributed by atoms with E-state index in [1.807, 2.05) is 39.0 Å². The van der Waals surface area contributed by atoms with Gasteiger partial charge in [0.2, 0.25) is 0 Å². The molecule has 2 N–H and O–H groups in total. The number of Topliss-reactive ketones (excluding diaryl/α,β-unsaturated/α-hetero) is 1. The van der Waals surface area contributed by atoms with Crippen molar-refractivity contribution in [3.63, 3.8) is 0 Å². The summed E-state index contributed by atoms with van der Waals surface area (Å²) in [6, 6.07) is 7.31. The zero-order chi connectivity index (χ0) is 33.4. The maximum Gasteiger partial charge on any atom is 0.339 e. The molecule has 0 aromatic heterocycles. The molecule has 4 aliphatic carbocycles. The van der Waals surface area contributed by atoms with Gasteiger partial charge in [-0.3, -0.25) is 9.69 Å². The van der Waals surface area contributed by atoms with Crippen LogP contribution in [0.4, 0.5) is 0 Å². The zero-order valence-corrected chi connectivity index (χ0v) is 29.3. The SMILES string of the molecule is CCN1C[C@]2(OC(=O)c3ccccc3CC(=O)CC(C)(C)C)CC[C@H](OC)C3C2C[C@@H]([C@@H]1C)[C@@]1(O)CC(C)[C@H]2CC3[C@]1(O)[C@H]2OC. The lowest BCUT2D eigenvalue weighted by Gasteiger charge is -2.58. The third-order valence-corrected chi connectivity index (χ3v) is 13.2. The highest BCUT2D eigenvalue weighted by molar-refractivity contribution is 5.93. The monoisotopic (exact) mass is 639 g/mol. The summed E-state index contributed by atoms with van der Waals surface area (Å²) < 4.78 is 19.2. The summed E-state index contributed by atoms with van der Waals surface area (Å²) in [5.41, 5.74) is -2.62. The van der Waals surface area contributed by atoms with Crippen LogP contribution < -0.4 is 0 Å². The maximum atomic E-state index is 14.4. The minimum atomic E-state index is -1.43. The number of nitrogens with zero attached hydrogens (tertiary/aromatic N) is 1. The van der Waals surface area contributed by atoms with E-state index in [0.29, 0.717) is 49.8 Å². The Bertz CT molecular complexity index is 1330. The van der Waals surface area contributed by atoms with Crippen LogP contribution in [0.25, 0.3) is 0 Å². The van der Waals surface area contributed by atoms with E-state index in [4.69, 9.17) is 14.2 Å². The topological polar surface area (TPSA) is 106 Å². The second-order valence-corrected chi connectivity index (χ2v) is 16.8. The lowest BCUT2D eigenvalue weighted by Crippen LogP contribution is -2.72. The van der Waals surface area contributed by atoms with Crippen molar-refractivity contribution in [3.05, 3.63) is 35.4 Å². The van der Waals surface area contributed by atoms with Crippen molar-refractivity contribution >= 4 is 11.8 Å². The van der Waals surface area contributed by atoms with Crippen LogP contribution in [0.3, 0.4) is 0 Å². The van der Waals surface area contributed by atoms with Crippen molar-refractivity contribution in [2.45, 2.75) is 122 Å². The molecule has 1 heterocycles. The summed E-state index contributed by atoms with van der Waals surface area (Å²) in [7, 11) is 3.42. The minimum absolute atomic E-state index is 0.0511. The second kappa shape index (κ2) is 11.9. The Hall–Kier alpha value is -1.84. The first-order valence-corrected chi connectivity index (χ1v) is 17.7. The lowest BCUT2D eigenvalue weighted by molar-refractivity contribution is -0.275. The van der Waals surface area contributed by atoms with Gasteiger partial charge in [0, 0.05) is 51.5 Å². The number of carbonyl (C=O) groups is 2. The van der Waals surface area contributed by atoms with E-state index in [-0.39, 0.29) is 65.3 Å². The van der Waals surface area contributed by atoms with E-state index in [0.717, 1.165) is 13.0 Å². The molecule has 256 valence electrons. The molecule has 4 bridgehead atoms. The summed E-state index contributed by atoms with van der Waals surface area (Å²) in [5, 5.41) is 26.0. The van der Waals surface area contributed by atoms with E-state index in [1.54, 1.807) is 20.3 Å². The highest BCUT2D eigenvalue weighted by atomic mass is 16.6. The quantitative estimate of drug-likeness (QED) is 0.380. The van der Waals surface area contributed by atoms with Gasteiger partial charge in [-0.05, 0) is 86.3 Å². The summed E-state index contributed by atoms with van der Waals surface area (Å²) >= 11 is 0. The second-order valence-electron chi connectivity index (χ2n) is 16.8. The van der Waals surface area contributed by atoms with Gasteiger partial charge in [-0.15, -0.1) is 0 Å². The third-order valence-electron chi connectivity index (χ3n) is 13.2. The molecule has 12 atom stereocenters. The normalized spacial score (nSPS) is 43.5. The molecule has 0 amide bonds. The summed E-state index contributed by atoms with van der Waals surface area (Å²) in [4.78, 5) is 29.8. The summed E-state index contributed by atoms with van der Waals surface area (Å²) in [5.74, 6) is -0.697. The van der Waals surface area contributed by atoms with Gasteiger partial charge in [0.1, 0.15) is 22.6 Å². The lowest BCUT2D eigenvalue weighted by atomic mass is 9.58. The fourth-order valence-electron chi connectivity index (χ4n) is 11.4. The van der Waals surface area contributed by atoms with E-state index < -0.39 is 28.9 Å². The molecule has 1 aromatic carbocycles. The van der Waals surface area contributed by atoms with Crippen LogP contribution in [0.15, 0.2) is 24.3 Å². The molecule has 1 aliphatic heterocycles. The first-order valence-electron chi connectivity index (χ1n) is 17.7. The molecule has 4 saturated carbocycles. The number of benzene rings is 1. The first kappa shape index (κ1) is 34.0. The molecule has 1 aromatic rings. The standard InChI is InChI=1S/C38H57NO7/c1-9-39-21-36(46-34(41)26-13-11-10-12-24(26)16-25(40)20-35(4,5)6)15-14-31(44-7)32-29(36)18-28(23(39)3)37(42)19-22(2)27-17-30(32)38(37,43)33(27)45-8/h10-13,22-23,27-33,42-43H,9,14-21H2,1-8H3/t22?,23-,27+,28-,29?,30?,31-,32?,33-,36+,37-,38-/m0/s1. The highest BCUT2D eigenvalue weighted by Crippen LogP contribution is 2.68. The van der Waals surface area contributed by atoms with Crippen molar-refractivity contribution in [2.24, 2.45) is 40.9 Å². The number of hydrogen-bond acceptors (Lipinski definition) is 8. The van der Waals surface area contributed by atoms with Gasteiger partial charge >= 0.3 is 5.97 Å². The van der Waals surface area contributed by atoms with Gasteiger partial charge in [0.05, 0.1) is 17.8 Å². The largest absolute Gasteiger partial charge is 0.454 e. The van der Waals surface area contributed by atoms with Crippen LogP contribution in [0.5, 0.6) is 0 Å². The summed E-state index contributed by atoms with van der Waals surface area (Å²) in [6.07, 6.45) is 3.25.